The second-order valence-corrected chi connectivity index (χ2v) is 6.44. The lowest BCUT2D eigenvalue weighted by Crippen LogP contribution is -2.10. The van der Waals surface area contributed by atoms with Crippen molar-refractivity contribution in [1.29, 1.82) is 0 Å². The van der Waals surface area contributed by atoms with Crippen LogP contribution in [0.5, 0.6) is 11.5 Å². The Kier molecular flexibility index (Phi) is 4.94. The molecule has 0 amide bonds. The van der Waals surface area contributed by atoms with Gasteiger partial charge in [0.25, 0.3) is 0 Å². The molecule has 122 valence electrons. The molecule has 0 aliphatic heterocycles. The summed E-state index contributed by atoms with van der Waals surface area (Å²) in [5.74, 6) is -0.128. The van der Waals surface area contributed by atoms with Gasteiger partial charge in [0.2, 0.25) is 0 Å². The predicted molar refractivity (Wildman–Crippen MR) is 88.9 cm³/mol. The number of phenolic OH excluding ortho intramolecular Hbond substituents is 1. The Bertz CT molecular complexity index is 682. The van der Waals surface area contributed by atoms with Crippen molar-refractivity contribution in [3.8, 4) is 11.5 Å². The number of hydrogen-bond donors (Lipinski definition) is 1. The van der Waals surface area contributed by atoms with E-state index in [4.69, 9.17) is 4.74 Å². The van der Waals surface area contributed by atoms with Gasteiger partial charge in [-0.1, -0.05) is 45.0 Å². The number of esters is 1. The van der Waals surface area contributed by atoms with Gasteiger partial charge in [-0.15, -0.1) is 0 Å². The fraction of sp³-hybridized carbons (Fsp3) is 0.316. The molecule has 1 N–H and O–H groups in total. The first kappa shape index (κ1) is 16.9. The van der Waals surface area contributed by atoms with Crippen molar-refractivity contribution in [3.63, 3.8) is 0 Å². The molecule has 0 aliphatic rings. The second-order valence-electron chi connectivity index (χ2n) is 6.44. The molecule has 0 spiro atoms. The van der Waals surface area contributed by atoms with Gasteiger partial charge in [-0.05, 0) is 28.7 Å². The van der Waals surface area contributed by atoms with Crippen LogP contribution in [0.3, 0.4) is 0 Å². The van der Waals surface area contributed by atoms with Crippen molar-refractivity contribution >= 4 is 5.97 Å². The molecule has 0 aliphatic carbocycles. The number of phenols is 1. The zero-order valence-corrected chi connectivity index (χ0v) is 13.9. The van der Waals surface area contributed by atoms with E-state index in [0.717, 1.165) is 5.56 Å². The average Bonchev–Trinajstić information content (AvgIpc) is 2.51. The monoisotopic (exact) mass is 314 g/mol. The third-order valence-corrected chi connectivity index (χ3v) is 3.54. The molecule has 0 bridgehead atoms. The van der Waals surface area contributed by atoms with Crippen molar-refractivity contribution < 1.29 is 19.4 Å². The Hall–Kier alpha value is -2.49. The number of carbonyl (C=O) groups excluding carboxylic acids is 1. The number of benzene rings is 2. The van der Waals surface area contributed by atoms with E-state index in [1.807, 2.05) is 12.1 Å². The van der Waals surface area contributed by atoms with Gasteiger partial charge < -0.3 is 14.6 Å². The fourth-order valence-electron chi connectivity index (χ4n) is 2.17. The van der Waals surface area contributed by atoms with Gasteiger partial charge >= 0.3 is 5.97 Å². The molecule has 0 radical (unpaired) electrons. The zero-order chi connectivity index (χ0) is 17.0. The Morgan fingerprint density at radius 3 is 2.30 bits per heavy atom. The SMILES string of the molecule is COC(=O)c1cc(O)cc(OCc2ccc(C(C)(C)C)cc2)c1. The molecule has 2 aromatic rings. The molecule has 0 atom stereocenters. The normalized spacial score (nSPS) is 11.1. The summed E-state index contributed by atoms with van der Waals surface area (Å²) < 4.78 is 10.3. The molecule has 0 fully saturated rings. The van der Waals surface area contributed by atoms with E-state index in [-0.39, 0.29) is 16.7 Å². The molecule has 0 saturated carbocycles. The van der Waals surface area contributed by atoms with Crippen molar-refractivity contribution in [1.82, 2.24) is 0 Å². The summed E-state index contributed by atoms with van der Waals surface area (Å²) in [6.45, 7) is 6.85. The van der Waals surface area contributed by atoms with Crippen molar-refractivity contribution in [2.75, 3.05) is 7.11 Å². The maximum absolute atomic E-state index is 11.5. The smallest absolute Gasteiger partial charge is 0.338 e. The van der Waals surface area contributed by atoms with E-state index < -0.39 is 5.97 Å². The third-order valence-electron chi connectivity index (χ3n) is 3.54. The van der Waals surface area contributed by atoms with E-state index in [0.29, 0.717) is 12.4 Å². The highest BCUT2D eigenvalue weighted by Crippen LogP contribution is 2.25. The minimum atomic E-state index is -0.514. The van der Waals surface area contributed by atoms with Crippen molar-refractivity contribution in [2.45, 2.75) is 32.8 Å². The number of hydrogen-bond acceptors (Lipinski definition) is 4. The summed E-state index contributed by atoms with van der Waals surface area (Å²) in [6, 6.07) is 12.6. The summed E-state index contributed by atoms with van der Waals surface area (Å²) in [7, 11) is 1.30. The van der Waals surface area contributed by atoms with E-state index in [2.05, 4.69) is 37.6 Å². The number of carbonyl (C=O) groups is 1. The number of rotatable bonds is 4. The largest absolute Gasteiger partial charge is 0.508 e. The molecule has 4 heteroatoms. The van der Waals surface area contributed by atoms with Crippen LogP contribution >= 0.6 is 0 Å². The van der Waals surface area contributed by atoms with E-state index in [1.165, 1.54) is 24.8 Å². The maximum Gasteiger partial charge on any atom is 0.338 e. The minimum Gasteiger partial charge on any atom is -0.508 e. The van der Waals surface area contributed by atoms with Gasteiger partial charge in [-0.25, -0.2) is 4.79 Å². The number of ether oxygens (including phenoxy) is 2. The summed E-state index contributed by atoms with van der Waals surface area (Å²) >= 11 is 0. The molecular formula is C19H22O4. The van der Waals surface area contributed by atoms with E-state index in [1.54, 1.807) is 6.07 Å². The van der Waals surface area contributed by atoms with Crippen LogP contribution in [0.1, 0.15) is 42.3 Å². The van der Waals surface area contributed by atoms with Crippen LogP contribution in [0, 0.1) is 0 Å². The quantitative estimate of drug-likeness (QED) is 0.865. The van der Waals surface area contributed by atoms with Gasteiger partial charge in [-0.2, -0.15) is 0 Å². The Morgan fingerprint density at radius 2 is 1.74 bits per heavy atom. The fourth-order valence-corrected chi connectivity index (χ4v) is 2.17. The first-order valence-corrected chi connectivity index (χ1v) is 7.44. The van der Waals surface area contributed by atoms with Crippen LogP contribution in [-0.4, -0.2) is 18.2 Å². The average molecular weight is 314 g/mol. The predicted octanol–water partition coefficient (Wildman–Crippen LogP) is 4.06. The summed E-state index contributed by atoms with van der Waals surface area (Å²) in [5.41, 5.74) is 2.64. The first-order chi connectivity index (χ1) is 10.8. The van der Waals surface area contributed by atoms with E-state index >= 15 is 0 Å². The lowest BCUT2D eigenvalue weighted by Gasteiger charge is -2.19. The standard InChI is InChI=1S/C19H22O4/c1-19(2,3)15-7-5-13(6-8-15)12-23-17-10-14(18(21)22-4)9-16(20)11-17/h5-11,20H,12H2,1-4H3. The molecule has 23 heavy (non-hydrogen) atoms. The molecule has 0 saturated heterocycles. The van der Waals surface area contributed by atoms with Crippen LogP contribution in [0.15, 0.2) is 42.5 Å². The highest BCUT2D eigenvalue weighted by atomic mass is 16.5. The van der Waals surface area contributed by atoms with Crippen molar-refractivity contribution in [3.05, 3.63) is 59.2 Å². The van der Waals surface area contributed by atoms with Crippen LogP contribution in [-0.2, 0) is 16.8 Å². The van der Waals surface area contributed by atoms with Gasteiger partial charge in [0.15, 0.2) is 0 Å². The lowest BCUT2D eigenvalue weighted by molar-refractivity contribution is 0.0599. The molecule has 0 heterocycles. The molecule has 0 unspecified atom stereocenters. The van der Waals surface area contributed by atoms with Crippen LogP contribution in [0.2, 0.25) is 0 Å². The minimum absolute atomic E-state index is 0.0361. The van der Waals surface area contributed by atoms with Crippen LogP contribution < -0.4 is 4.74 Å². The molecule has 0 aromatic heterocycles. The summed E-state index contributed by atoms with van der Waals surface area (Å²) in [4.78, 5) is 11.5. The number of methoxy groups -OCH3 is 1. The van der Waals surface area contributed by atoms with Crippen molar-refractivity contribution in [2.24, 2.45) is 0 Å². The Balaban J connectivity index is 2.09. The molecule has 2 aromatic carbocycles. The third kappa shape index (κ3) is 4.49. The van der Waals surface area contributed by atoms with Gasteiger partial charge in [-0.3, -0.25) is 0 Å². The second kappa shape index (κ2) is 6.73. The van der Waals surface area contributed by atoms with Crippen LogP contribution in [0.25, 0.3) is 0 Å². The van der Waals surface area contributed by atoms with E-state index in [9.17, 15) is 9.90 Å². The topological polar surface area (TPSA) is 55.8 Å². The highest BCUT2D eigenvalue weighted by Gasteiger charge is 2.13. The lowest BCUT2D eigenvalue weighted by atomic mass is 9.87. The summed E-state index contributed by atoms with van der Waals surface area (Å²) in [5, 5.41) is 9.67. The van der Waals surface area contributed by atoms with Gasteiger partial charge in [0.1, 0.15) is 18.1 Å². The number of aromatic hydroxyl groups is 1. The van der Waals surface area contributed by atoms with Crippen LogP contribution in [0.4, 0.5) is 0 Å². The first-order valence-electron chi connectivity index (χ1n) is 7.44. The molecule has 4 nitrogen and oxygen atoms in total. The van der Waals surface area contributed by atoms with Gasteiger partial charge in [0, 0.05) is 6.07 Å². The Labute approximate surface area is 136 Å². The molecular weight excluding hydrogens is 292 g/mol. The van der Waals surface area contributed by atoms with Gasteiger partial charge in [0.05, 0.1) is 12.7 Å². The molecule has 2 rings (SSSR count). The highest BCUT2D eigenvalue weighted by molar-refractivity contribution is 5.90. The maximum atomic E-state index is 11.5. The summed E-state index contributed by atoms with van der Waals surface area (Å²) in [6.07, 6.45) is 0. The Morgan fingerprint density at radius 1 is 1.09 bits per heavy atom. The zero-order valence-electron chi connectivity index (χ0n) is 13.9.